The number of nitrogens with two attached hydrogens (primary N) is 1. The predicted molar refractivity (Wildman–Crippen MR) is 102 cm³/mol. The summed E-state index contributed by atoms with van der Waals surface area (Å²) in [6.07, 6.45) is 0. The molecule has 0 fully saturated rings. The molecule has 0 heterocycles. The van der Waals surface area contributed by atoms with E-state index in [0.717, 1.165) is 6.07 Å². The molecule has 3 aromatic rings. The molecule has 0 unspecified atom stereocenters. The van der Waals surface area contributed by atoms with Crippen molar-refractivity contribution < 1.29 is 30.7 Å². The lowest BCUT2D eigenvalue weighted by Crippen LogP contribution is -2.12. The maximum Gasteiger partial charge on any atom is 0.295 e. The summed E-state index contributed by atoms with van der Waals surface area (Å²) in [5, 5.41) is 2.66. The van der Waals surface area contributed by atoms with E-state index in [1.807, 2.05) is 0 Å². The second-order valence-electron chi connectivity index (χ2n) is 5.88. The van der Waals surface area contributed by atoms with E-state index in [-0.39, 0.29) is 16.5 Å². The fourth-order valence-electron chi connectivity index (χ4n) is 2.59. The highest BCUT2D eigenvalue weighted by Gasteiger charge is 2.20. The average molecular weight is 422 g/mol. The quantitative estimate of drug-likeness (QED) is 0.367. The second-order valence-corrected chi connectivity index (χ2v) is 8.70. The van der Waals surface area contributed by atoms with Crippen molar-refractivity contribution in [3.05, 3.63) is 60.2 Å². The van der Waals surface area contributed by atoms with Gasteiger partial charge in [-0.3, -0.25) is 13.9 Å². The van der Waals surface area contributed by atoms with Gasteiger partial charge in [-0.15, -0.1) is 0 Å². The summed E-state index contributed by atoms with van der Waals surface area (Å²) in [6.45, 7) is 0. The number of fused-ring (bicyclic) bond motifs is 1. The lowest BCUT2D eigenvalue weighted by Gasteiger charge is -2.10. The van der Waals surface area contributed by atoms with Gasteiger partial charge in [0.05, 0.1) is 4.90 Å². The van der Waals surface area contributed by atoms with E-state index in [1.165, 1.54) is 30.3 Å². The number of hydrogen-bond donors (Lipinski definition) is 4. The predicted octanol–water partition coefficient (Wildman–Crippen LogP) is 2.17. The first-order valence-corrected chi connectivity index (χ1v) is 10.5. The summed E-state index contributed by atoms with van der Waals surface area (Å²) < 4.78 is 64.7. The number of nitrogens with one attached hydrogen (secondary N) is 1. The largest absolute Gasteiger partial charge is 0.399 e. The fourth-order valence-corrected chi connectivity index (χ4v) is 3.94. The molecule has 0 atom stereocenters. The molecule has 0 bridgehead atoms. The Morgan fingerprint density at radius 3 is 2.07 bits per heavy atom. The Morgan fingerprint density at radius 1 is 0.857 bits per heavy atom. The number of benzene rings is 3. The van der Waals surface area contributed by atoms with E-state index >= 15 is 0 Å². The highest BCUT2D eigenvalue weighted by Crippen LogP contribution is 2.29. The normalized spacial score (nSPS) is 12.1. The van der Waals surface area contributed by atoms with E-state index in [2.05, 4.69) is 5.32 Å². The molecule has 0 spiro atoms. The third-order valence-electron chi connectivity index (χ3n) is 3.89. The number of amides is 1. The van der Waals surface area contributed by atoms with Crippen LogP contribution >= 0.6 is 0 Å². The van der Waals surface area contributed by atoms with Crippen LogP contribution in [-0.4, -0.2) is 31.8 Å². The zero-order valence-corrected chi connectivity index (χ0v) is 15.7. The van der Waals surface area contributed by atoms with Gasteiger partial charge in [-0.1, -0.05) is 6.07 Å². The number of carbonyl (C=O) groups is 1. The van der Waals surface area contributed by atoms with Crippen molar-refractivity contribution in [2.75, 3.05) is 11.1 Å². The standard InChI is InChI=1S/C17H14N2O7S2/c18-12-3-1-10(2-4-12)17(20)19-13-5-6-15-11(7-13)8-14(27(21,22)23)9-16(15)28(24,25)26/h1-9H,18H2,(H,19,20)(H,21,22,23)(H,24,25,26). The van der Waals surface area contributed by atoms with Crippen LogP contribution in [0.2, 0.25) is 0 Å². The lowest BCUT2D eigenvalue weighted by molar-refractivity contribution is 0.102. The second kappa shape index (κ2) is 6.87. The Hall–Kier alpha value is -2.99. The average Bonchev–Trinajstić information content (AvgIpc) is 2.59. The Kier molecular flexibility index (Phi) is 4.85. The summed E-state index contributed by atoms with van der Waals surface area (Å²) >= 11 is 0. The molecule has 1 amide bonds. The number of nitrogen functional groups attached to an aromatic ring is 1. The van der Waals surface area contributed by atoms with Gasteiger partial charge in [-0.05, 0) is 53.9 Å². The molecular formula is C17H14N2O7S2. The van der Waals surface area contributed by atoms with Crippen molar-refractivity contribution in [3.8, 4) is 0 Å². The van der Waals surface area contributed by atoms with Crippen molar-refractivity contribution in [1.82, 2.24) is 0 Å². The van der Waals surface area contributed by atoms with Gasteiger partial charge < -0.3 is 11.1 Å². The highest BCUT2D eigenvalue weighted by molar-refractivity contribution is 7.86. The molecule has 0 aliphatic rings. The molecule has 5 N–H and O–H groups in total. The van der Waals surface area contributed by atoms with Gasteiger partial charge in [0.1, 0.15) is 4.90 Å². The van der Waals surface area contributed by atoms with E-state index < -0.39 is 35.9 Å². The van der Waals surface area contributed by atoms with Crippen molar-refractivity contribution in [2.24, 2.45) is 0 Å². The van der Waals surface area contributed by atoms with E-state index in [1.54, 1.807) is 12.1 Å². The Labute approximate surface area is 160 Å². The molecule has 0 radical (unpaired) electrons. The molecule has 11 heteroatoms. The van der Waals surface area contributed by atoms with Crippen LogP contribution in [0.1, 0.15) is 10.4 Å². The number of anilines is 2. The van der Waals surface area contributed by atoms with Crippen molar-refractivity contribution in [1.29, 1.82) is 0 Å². The number of rotatable bonds is 4. The minimum absolute atomic E-state index is 0.0142. The topological polar surface area (TPSA) is 164 Å². The van der Waals surface area contributed by atoms with Gasteiger partial charge in [-0.2, -0.15) is 16.8 Å². The lowest BCUT2D eigenvalue weighted by atomic mass is 10.1. The smallest absolute Gasteiger partial charge is 0.295 e. The van der Waals surface area contributed by atoms with Crippen molar-refractivity contribution in [3.63, 3.8) is 0 Å². The maximum absolute atomic E-state index is 12.3. The molecule has 28 heavy (non-hydrogen) atoms. The summed E-state index contributed by atoms with van der Waals surface area (Å²) in [4.78, 5) is 10.9. The summed E-state index contributed by atoms with van der Waals surface area (Å²) in [5.41, 5.74) is 6.61. The fraction of sp³-hybridized carbons (Fsp3) is 0. The van der Waals surface area contributed by atoms with Crippen molar-refractivity contribution >= 4 is 48.3 Å². The first-order valence-electron chi connectivity index (χ1n) is 7.65. The van der Waals surface area contributed by atoms with Gasteiger partial charge in [-0.25, -0.2) is 0 Å². The number of carbonyl (C=O) groups excluding carboxylic acids is 1. The van der Waals surface area contributed by atoms with Crippen molar-refractivity contribution in [2.45, 2.75) is 9.79 Å². The first kappa shape index (κ1) is 19.8. The molecular weight excluding hydrogens is 408 g/mol. The third kappa shape index (κ3) is 4.12. The Bertz CT molecular complexity index is 1300. The number of hydrogen-bond acceptors (Lipinski definition) is 6. The highest BCUT2D eigenvalue weighted by atomic mass is 32.2. The van der Waals surface area contributed by atoms with Crippen LogP contribution in [0.4, 0.5) is 11.4 Å². The molecule has 0 saturated heterocycles. The Morgan fingerprint density at radius 2 is 1.50 bits per heavy atom. The molecule has 3 rings (SSSR count). The van der Waals surface area contributed by atoms with Gasteiger partial charge >= 0.3 is 0 Å². The molecule has 3 aromatic carbocycles. The Balaban J connectivity index is 2.09. The summed E-state index contributed by atoms with van der Waals surface area (Å²) in [6, 6.07) is 11.8. The summed E-state index contributed by atoms with van der Waals surface area (Å²) in [5.74, 6) is -0.472. The maximum atomic E-state index is 12.3. The minimum Gasteiger partial charge on any atom is -0.399 e. The van der Waals surface area contributed by atoms with Crippen LogP contribution in [0, 0.1) is 0 Å². The van der Waals surface area contributed by atoms with Gasteiger partial charge in [0.2, 0.25) is 0 Å². The van der Waals surface area contributed by atoms with E-state index in [4.69, 9.17) is 5.73 Å². The van der Waals surface area contributed by atoms with Gasteiger partial charge in [0, 0.05) is 22.3 Å². The van der Waals surface area contributed by atoms with Crippen LogP contribution in [0.25, 0.3) is 10.8 Å². The molecule has 0 aliphatic heterocycles. The zero-order chi connectivity index (χ0) is 20.7. The zero-order valence-electron chi connectivity index (χ0n) is 14.0. The van der Waals surface area contributed by atoms with Crippen LogP contribution in [0.5, 0.6) is 0 Å². The van der Waals surface area contributed by atoms with Crippen LogP contribution < -0.4 is 11.1 Å². The SMILES string of the molecule is Nc1ccc(C(=O)Nc2ccc3c(S(=O)(=O)O)cc(S(=O)(=O)O)cc3c2)cc1. The molecule has 0 aromatic heterocycles. The summed E-state index contributed by atoms with van der Waals surface area (Å²) in [7, 11) is -9.50. The third-order valence-corrected chi connectivity index (χ3v) is 5.62. The minimum atomic E-state index is -4.77. The van der Waals surface area contributed by atoms with Crippen LogP contribution in [0.15, 0.2) is 64.4 Å². The van der Waals surface area contributed by atoms with Crippen LogP contribution in [0.3, 0.4) is 0 Å². The molecule has 146 valence electrons. The van der Waals surface area contributed by atoms with Gasteiger partial charge in [0.15, 0.2) is 0 Å². The molecule has 0 saturated carbocycles. The monoisotopic (exact) mass is 422 g/mol. The first-order chi connectivity index (χ1) is 12.9. The molecule has 0 aliphatic carbocycles. The van der Waals surface area contributed by atoms with E-state index in [9.17, 15) is 30.7 Å². The van der Waals surface area contributed by atoms with Crippen LogP contribution in [-0.2, 0) is 20.2 Å². The molecule has 9 nitrogen and oxygen atoms in total. The van der Waals surface area contributed by atoms with Gasteiger partial charge in [0.25, 0.3) is 26.1 Å². The van der Waals surface area contributed by atoms with E-state index in [0.29, 0.717) is 17.3 Å².